The van der Waals surface area contributed by atoms with E-state index in [1.165, 1.54) is 11.0 Å². The van der Waals surface area contributed by atoms with E-state index in [1.54, 1.807) is 6.20 Å². The zero-order valence-corrected chi connectivity index (χ0v) is 6.43. The largest absolute Gasteiger partial charge is 0.374 e. The Morgan fingerprint density at radius 2 is 2.42 bits per heavy atom. The Bertz CT molecular complexity index is 237. The highest BCUT2D eigenvalue weighted by molar-refractivity contribution is 4.62. The van der Waals surface area contributed by atoms with Crippen molar-refractivity contribution in [3.63, 3.8) is 0 Å². The third kappa shape index (κ3) is 1.54. The first-order chi connectivity index (χ1) is 5.97. The molecular formula is C6H10N2O4. The van der Waals surface area contributed by atoms with E-state index in [9.17, 15) is 0 Å². The Morgan fingerprint density at radius 1 is 1.42 bits per heavy atom. The van der Waals surface area contributed by atoms with Crippen molar-refractivity contribution in [3.8, 4) is 0 Å². The third-order valence-electron chi connectivity index (χ3n) is 1.55. The van der Waals surface area contributed by atoms with Crippen LogP contribution >= 0.6 is 0 Å². The quantitative estimate of drug-likeness (QED) is 0.679. The highest BCUT2D eigenvalue weighted by Gasteiger charge is 2.16. The summed E-state index contributed by atoms with van der Waals surface area (Å²) in [6.45, 7) is 1.71. The minimum atomic E-state index is -0.202. The zero-order chi connectivity index (χ0) is 8.23. The van der Waals surface area contributed by atoms with Gasteiger partial charge in [0.15, 0.2) is 6.23 Å². The molecule has 1 aliphatic rings. The number of rotatable bonds is 1. The van der Waals surface area contributed by atoms with Gasteiger partial charge in [0.25, 0.3) is 0 Å². The summed E-state index contributed by atoms with van der Waals surface area (Å²) in [6, 6.07) is 0. The lowest BCUT2D eigenvalue weighted by atomic mass is 10.5. The van der Waals surface area contributed by atoms with E-state index >= 15 is 0 Å². The molecule has 1 saturated heterocycles. The van der Waals surface area contributed by atoms with E-state index in [0.717, 1.165) is 0 Å². The van der Waals surface area contributed by atoms with Crippen molar-refractivity contribution in [1.29, 1.82) is 0 Å². The first-order valence-corrected chi connectivity index (χ1v) is 3.69. The topological polar surface area (TPSA) is 65.5 Å². The molecule has 0 aliphatic carbocycles. The highest BCUT2D eigenvalue weighted by atomic mass is 16.7. The molecule has 1 N–H and O–H groups in total. The molecule has 0 radical (unpaired) electrons. The molecule has 1 atom stereocenters. The summed E-state index contributed by atoms with van der Waals surface area (Å²) in [5.74, 6) is 0. The summed E-state index contributed by atoms with van der Waals surface area (Å²) in [5, 5.41) is 2.24. The Balaban J connectivity index is 2.08. The molecule has 0 amide bonds. The molecular weight excluding hydrogens is 164 g/mol. The molecule has 6 heteroatoms. The number of H-pyrrole nitrogens is 1. The molecule has 2 rings (SSSR count). The third-order valence-corrected chi connectivity index (χ3v) is 1.55. The van der Waals surface area contributed by atoms with E-state index in [2.05, 4.69) is 9.85 Å². The number of nitrogens with one attached hydrogen (secondary N) is 1. The fourth-order valence-corrected chi connectivity index (χ4v) is 0.990. The van der Waals surface area contributed by atoms with Crippen molar-refractivity contribution in [1.82, 2.24) is 10.1 Å². The van der Waals surface area contributed by atoms with Gasteiger partial charge in [0.05, 0.1) is 26.0 Å². The van der Waals surface area contributed by atoms with E-state index in [-0.39, 0.29) is 6.23 Å². The fraction of sp³-hybridized carbons (Fsp3) is 0.667. The van der Waals surface area contributed by atoms with Gasteiger partial charge in [-0.1, -0.05) is 5.33 Å². The van der Waals surface area contributed by atoms with Crippen molar-refractivity contribution >= 4 is 0 Å². The Labute approximate surface area is 68.2 Å². The average Bonchev–Trinajstić information content (AvgIpc) is 2.21. The molecule has 1 aromatic heterocycles. The van der Waals surface area contributed by atoms with Crippen molar-refractivity contribution in [3.05, 3.63) is 12.5 Å². The molecule has 1 fully saturated rings. The van der Waals surface area contributed by atoms with Crippen LogP contribution in [0.25, 0.3) is 0 Å². The van der Waals surface area contributed by atoms with Crippen LogP contribution in [-0.4, -0.2) is 29.9 Å². The lowest BCUT2D eigenvalue weighted by molar-refractivity contribution is -0.162. The number of ether oxygens (including phenoxy) is 2. The van der Waals surface area contributed by atoms with Crippen LogP contribution in [0.5, 0.6) is 0 Å². The molecule has 1 unspecified atom stereocenters. The standard InChI is InChI=1S/C6H10N2O4/c1-2-11-7-12-8(1)6-5-9-3-4-10-6/h1-2,6-7H,3-5H2. The fourth-order valence-electron chi connectivity index (χ4n) is 0.990. The average molecular weight is 174 g/mol. The normalized spacial score (nSPS) is 23.8. The number of aromatic amines is 1. The van der Waals surface area contributed by atoms with Gasteiger partial charge in [-0.3, -0.25) is 4.63 Å². The van der Waals surface area contributed by atoms with Gasteiger partial charge < -0.3 is 14.0 Å². The predicted molar refractivity (Wildman–Crippen MR) is 36.8 cm³/mol. The van der Waals surface area contributed by atoms with Gasteiger partial charge in [-0.25, -0.2) is 0 Å². The Hall–Kier alpha value is -1.14. The number of hydrogen-bond acceptors (Lipinski definition) is 4. The summed E-state index contributed by atoms with van der Waals surface area (Å²) in [7, 11) is 0. The molecule has 0 saturated carbocycles. The van der Waals surface area contributed by atoms with Crippen molar-refractivity contribution in [2.24, 2.45) is 0 Å². The second-order valence-electron chi connectivity index (χ2n) is 2.34. The van der Waals surface area contributed by atoms with Crippen LogP contribution in [0, 0.1) is 0 Å². The molecule has 0 bridgehead atoms. The lowest BCUT2D eigenvalue weighted by Crippen LogP contribution is -2.26. The Morgan fingerprint density at radius 3 is 3.08 bits per heavy atom. The van der Waals surface area contributed by atoms with Gasteiger partial charge in [0.1, 0.15) is 6.26 Å². The minimum Gasteiger partial charge on any atom is -0.374 e. The van der Waals surface area contributed by atoms with E-state index in [1.807, 2.05) is 0 Å². The minimum absolute atomic E-state index is 0.202. The van der Waals surface area contributed by atoms with E-state index < -0.39 is 0 Å². The second kappa shape index (κ2) is 3.51. The highest BCUT2D eigenvalue weighted by Crippen LogP contribution is 2.11. The SMILES string of the molecule is c1cn(C2COCCO2)o[nH]o1. The van der Waals surface area contributed by atoms with Gasteiger partial charge in [0.2, 0.25) is 0 Å². The first-order valence-electron chi connectivity index (χ1n) is 3.69. The van der Waals surface area contributed by atoms with Gasteiger partial charge >= 0.3 is 0 Å². The van der Waals surface area contributed by atoms with Crippen LogP contribution in [0.4, 0.5) is 0 Å². The number of nitrogens with zero attached hydrogens (tertiary/aromatic N) is 1. The Kier molecular flexibility index (Phi) is 2.19. The van der Waals surface area contributed by atoms with Crippen LogP contribution < -0.4 is 0 Å². The van der Waals surface area contributed by atoms with Crippen molar-refractivity contribution in [2.45, 2.75) is 6.23 Å². The zero-order valence-electron chi connectivity index (χ0n) is 6.43. The van der Waals surface area contributed by atoms with Gasteiger partial charge in [-0.15, -0.1) is 0 Å². The van der Waals surface area contributed by atoms with Crippen LogP contribution in [-0.2, 0) is 9.47 Å². The lowest BCUT2D eigenvalue weighted by Gasteiger charge is -2.22. The molecule has 0 aromatic carbocycles. The molecule has 1 aromatic rings. The van der Waals surface area contributed by atoms with E-state index in [4.69, 9.17) is 14.1 Å². The van der Waals surface area contributed by atoms with Crippen LogP contribution in [0.3, 0.4) is 0 Å². The van der Waals surface area contributed by atoms with Crippen LogP contribution in [0.15, 0.2) is 21.6 Å². The summed E-state index contributed by atoms with van der Waals surface area (Å²) in [5.41, 5.74) is 0. The van der Waals surface area contributed by atoms with Gasteiger partial charge in [-0.2, -0.15) is 4.74 Å². The maximum absolute atomic E-state index is 5.35. The maximum Gasteiger partial charge on any atom is 0.189 e. The molecule has 1 aliphatic heterocycles. The van der Waals surface area contributed by atoms with E-state index in [0.29, 0.717) is 19.8 Å². The molecule has 12 heavy (non-hydrogen) atoms. The van der Waals surface area contributed by atoms with Crippen LogP contribution in [0.2, 0.25) is 0 Å². The summed E-state index contributed by atoms with van der Waals surface area (Å²) in [4.78, 5) is 0. The van der Waals surface area contributed by atoms with Crippen molar-refractivity contribution in [2.75, 3.05) is 19.8 Å². The molecule has 6 nitrogen and oxygen atoms in total. The number of aromatic nitrogens is 2. The predicted octanol–water partition coefficient (Wildman–Crippen LogP) is 0.672. The first kappa shape index (κ1) is 7.51. The van der Waals surface area contributed by atoms with Gasteiger partial charge in [0, 0.05) is 0 Å². The molecule has 0 spiro atoms. The van der Waals surface area contributed by atoms with Gasteiger partial charge in [-0.05, 0) is 0 Å². The summed E-state index contributed by atoms with van der Waals surface area (Å²) in [6.07, 6.45) is 2.88. The van der Waals surface area contributed by atoms with Crippen LogP contribution in [0.1, 0.15) is 6.23 Å². The smallest absolute Gasteiger partial charge is 0.189 e. The molecule has 68 valence electrons. The summed E-state index contributed by atoms with van der Waals surface area (Å²) < 4.78 is 21.5. The molecule has 2 heterocycles. The maximum atomic E-state index is 5.35. The monoisotopic (exact) mass is 174 g/mol. The summed E-state index contributed by atoms with van der Waals surface area (Å²) >= 11 is 0. The van der Waals surface area contributed by atoms with Crippen molar-refractivity contribution < 1.29 is 18.6 Å². The second-order valence-corrected chi connectivity index (χ2v) is 2.34. The number of hydrogen-bond donors (Lipinski definition) is 1.